The van der Waals surface area contributed by atoms with E-state index < -0.39 is 23.5 Å². The average Bonchev–Trinajstić information content (AvgIpc) is 2.84. The van der Waals surface area contributed by atoms with Crippen LogP contribution < -0.4 is 11.3 Å². The van der Waals surface area contributed by atoms with Crippen LogP contribution in [0.4, 0.5) is 13.2 Å². The van der Waals surface area contributed by atoms with Crippen LogP contribution in [0.5, 0.6) is 0 Å². The van der Waals surface area contributed by atoms with E-state index in [9.17, 15) is 13.2 Å². The summed E-state index contributed by atoms with van der Waals surface area (Å²) < 4.78 is 45.6. The Hall–Kier alpha value is -2.31. The minimum absolute atomic E-state index is 0.137. The Morgan fingerprint density at radius 3 is 2.38 bits per heavy atom. The van der Waals surface area contributed by atoms with Crippen LogP contribution in [-0.2, 0) is 0 Å². The maximum Gasteiger partial charge on any atom is 0.134 e. The second-order valence-corrected chi connectivity index (χ2v) is 4.60. The number of benzene rings is 2. The van der Waals surface area contributed by atoms with E-state index in [4.69, 9.17) is 10.3 Å². The van der Waals surface area contributed by atoms with Crippen molar-refractivity contribution in [3.63, 3.8) is 0 Å². The van der Waals surface area contributed by atoms with Crippen molar-refractivity contribution in [1.82, 2.24) is 5.43 Å². The van der Waals surface area contributed by atoms with Crippen molar-refractivity contribution in [2.45, 2.75) is 6.04 Å². The van der Waals surface area contributed by atoms with E-state index in [2.05, 4.69) is 5.43 Å². The molecule has 0 amide bonds. The van der Waals surface area contributed by atoms with Gasteiger partial charge in [0, 0.05) is 17.0 Å². The van der Waals surface area contributed by atoms with Crippen LogP contribution in [0, 0.1) is 17.5 Å². The Kier molecular flexibility index (Phi) is 3.40. The molecule has 3 aromatic rings. The lowest BCUT2D eigenvalue weighted by Gasteiger charge is -2.14. The van der Waals surface area contributed by atoms with Gasteiger partial charge in [-0.2, -0.15) is 0 Å². The summed E-state index contributed by atoms with van der Waals surface area (Å²) in [6.45, 7) is 0. The summed E-state index contributed by atoms with van der Waals surface area (Å²) in [5, 5.41) is 0.535. The van der Waals surface area contributed by atoms with Gasteiger partial charge in [-0.3, -0.25) is 5.84 Å². The van der Waals surface area contributed by atoms with Gasteiger partial charge in [0.05, 0.1) is 0 Å². The first-order valence-corrected chi connectivity index (χ1v) is 6.18. The van der Waals surface area contributed by atoms with E-state index in [0.29, 0.717) is 16.7 Å². The van der Waals surface area contributed by atoms with E-state index in [1.807, 2.05) is 0 Å². The van der Waals surface area contributed by atoms with Crippen LogP contribution in [0.3, 0.4) is 0 Å². The maximum absolute atomic E-state index is 13.9. The normalized spacial score (nSPS) is 12.8. The van der Waals surface area contributed by atoms with Gasteiger partial charge in [-0.15, -0.1) is 0 Å². The number of furan rings is 1. The lowest BCUT2D eigenvalue weighted by Crippen LogP contribution is -2.29. The zero-order valence-corrected chi connectivity index (χ0v) is 10.7. The first kappa shape index (κ1) is 13.7. The highest BCUT2D eigenvalue weighted by atomic mass is 19.1. The highest BCUT2D eigenvalue weighted by Gasteiger charge is 2.21. The first-order chi connectivity index (χ1) is 10.1. The summed E-state index contributed by atoms with van der Waals surface area (Å²) in [7, 11) is 0. The lowest BCUT2D eigenvalue weighted by atomic mass is 10.0. The third kappa shape index (κ3) is 2.51. The molecule has 0 aliphatic heterocycles. The number of hydrogen-bond acceptors (Lipinski definition) is 3. The fraction of sp³-hybridized carbons (Fsp3) is 0.0667. The molecular formula is C15H11F3N2O. The highest BCUT2D eigenvalue weighted by molar-refractivity contribution is 5.78. The molecule has 0 bridgehead atoms. The van der Waals surface area contributed by atoms with Gasteiger partial charge >= 0.3 is 0 Å². The van der Waals surface area contributed by atoms with Crippen molar-refractivity contribution >= 4 is 11.0 Å². The van der Waals surface area contributed by atoms with E-state index in [1.165, 1.54) is 24.3 Å². The third-order valence-electron chi connectivity index (χ3n) is 3.22. The van der Waals surface area contributed by atoms with Crippen LogP contribution in [-0.4, -0.2) is 0 Å². The van der Waals surface area contributed by atoms with Crippen molar-refractivity contribution in [2.24, 2.45) is 5.84 Å². The molecule has 108 valence electrons. The largest absolute Gasteiger partial charge is 0.459 e. The van der Waals surface area contributed by atoms with Gasteiger partial charge in [0.25, 0.3) is 0 Å². The van der Waals surface area contributed by atoms with Gasteiger partial charge in [-0.25, -0.2) is 18.6 Å². The Labute approximate surface area is 118 Å². The number of nitrogens with one attached hydrogen (secondary N) is 1. The molecular weight excluding hydrogens is 281 g/mol. The number of hydrazine groups is 1. The number of fused-ring (bicyclic) bond motifs is 1. The van der Waals surface area contributed by atoms with Crippen LogP contribution in [0.25, 0.3) is 11.0 Å². The van der Waals surface area contributed by atoms with Crippen LogP contribution in [0.2, 0.25) is 0 Å². The molecule has 1 heterocycles. The van der Waals surface area contributed by atoms with Crippen molar-refractivity contribution < 1.29 is 17.6 Å². The minimum atomic E-state index is -0.805. The molecule has 3 nitrogen and oxygen atoms in total. The topological polar surface area (TPSA) is 51.2 Å². The molecule has 6 heteroatoms. The Morgan fingerprint density at radius 1 is 0.952 bits per heavy atom. The van der Waals surface area contributed by atoms with Crippen LogP contribution in [0.15, 0.2) is 46.9 Å². The number of halogens is 3. The van der Waals surface area contributed by atoms with E-state index >= 15 is 0 Å². The quantitative estimate of drug-likeness (QED) is 0.574. The van der Waals surface area contributed by atoms with Crippen LogP contribution in [0.1, 0.15) is 17.4 Å². The number of rotatable bonds is 3. The third-order valence-corrected chi connectivity index (χ3v) is 3.22. The predicted octanol–water partition coefficient (Wildman–Crippen LogP) is 3.40. The van der Waals surface area contributed by atoms with Gasteiger partial charge in [0.15, 0.2) is 0 Å². The molecule has 21 heavy (non-hydrogen) atoms. The first-order valence-electron chi connectivity index (χ1n) is 6.18. The molecule has 2 aromatic carbocycles. The molecule has 1 aromatic heterocycles. The summed E-state index contributed by atoms with van der Waals surface area (Å²) in [5.41, 5.74) is 3.01. The monoisotopic (exact) mass is 292 g/mol. The SMILES string of the molecule is NNC(c1cc2cc(F)ccc2o1)c1ccc(F)cc1F. The summed E-state index contributed by atoms with van der Waals surface area (Å²) >= 11 is 0. The molecule has 0 saturated carbocycles. The van der Waals surface area contributed by atoms with Gasteiger partial charge in [0.1, 0.15) is 34.8 Å². The average molecular weight is 292 g/mol. The van der Waals surface area contributed by atoms with Crippen molar-refractivity contribution in [2.75, 3.05) is 0 Å². The molecule has 0 radical (unpaired) electrons. The number of nitrogens with two attached hydrogens (primary N) is 1. The zero-order valence-electron chi connectivity index (χ0n) is 10.7. The summed E-state index contributed by atoms with van der Waals surface area (Å²) in [6, 6.07) is 7.97. The Bertz CT molecular complexity index is 801. The molecule has 3 rings (SSSR count). The fourth-order valence-electron chi connectivity index (χ4n) is 2.24. The van der Waals surface area contributed by atoms with Gasteiger partial charge in [-0.1, -0.05) is 6.07 Å². The predicted molar refractivity (Wildman–Crippen MR) is 71.7 cm³/mol. The van der Waals surface area contributed by atoms with Crippen molar-refractivity contribution in [3.8, 4) is 0 Å². The molecule has 0 spiro atoms. The van der Waals surface area contributed by atoms with Crippen molar-refractivity contribution in [3.05, 3.63) is 71.2 Å². The molecule has 3 N–H and O–H groups in total. The highest BCUT2D eigenvalue weighted by Crippen LogP contribution is 2.29. The lowest BCUT2D eigenvalue weighted by molar-refractivity contribution is 0.460. The van der Waals surface area contributed by atoms with Crippen LogP contribution >= 0.6 is 0 Å². The molecule has 0 aliphatic rings. The summed E-state index contributed by atoms with van der Waals surface area (Å²) in [6.07, 6.45) is 0. The van der Waals surface area contributed by atoms with Crippen molar-refractivity contribution in [1.29, 1.82) is 0 Å². The molecule has 1 unspecified atom stereocenters. The second-order valence-electron chi connectivity index (χ2n) is 4.60. The van der Waals surface area contributed by atoms with Gasteiger partial charge < -0.3 is 4.42 Å². The zero-order chi connectivity index (χ0) is 15.0. The Morgan fingerprint density at radius 2 is 1.67 bits per heavy atom. The smallest absolute Gasteiger partial charge is 0.134 e. The van der Waals surface area contributed by atoms with E-state index in [1.54, 1.807) is 6.07 Å². The van der Waals surface area contributed by atoms with Gasteiger partial charge in [0.2, 0.25) is 0 Å². The summed E-state index contributed by atoms with van der Waals surface area (Å²) in [5.74, 6) is 3.93. The molecule has 0 saturated heterocycles. The Balaban J connectivity index is 2.09. The minimum Gasteiger partial charge on any atom is -0.459 e. The summed E-state index contributed by atoms with van der Waals surface area (Å²) in [4.78, 5) is 0. The molecule has 0 fully saturated rings. The standard InChI is InChI=1S/C15H11F3N2O/c16-9-2-4-13-8(5-9)6-14(21-13)15(20-19)11-3-1-10(17)7-12(11)18/h1-7,15,20H,19H2. The van der Waals surface area contributed by atoms with E-state index in [0.717, 1.165) is 12.1 Å². The van der Waals surface area contributed by atoms with Gasteiger partial charge in [-0.05, 0) is 30.3 Å². The maximum atomic E-state index is 13.9. The van der Waals surface area contributed by atoms with E-state index in [-0.39, 0.29) is 5.56 Å². The molecule has 1 atom stereocenters. The molecule has 0 aliphatic carbocycles. The second kappa shape index (κ2) is 5.23. The fourth-order valence-corrected chi connectivity index (χ4v) is 2.24. The number of hydrogen-bond donors (Lipinski definition) is 2.